The fraction of sp³-hybridized carbons (Fsp3) is 0.250. The molecule has 24 heavy (non-hydrogen) atoms. The van der Waals surface area contributed by atoms with E-state index in [0.717, 1.165) is 11.0 Å². The van der Waals surface area contributed by atoms with Crippen LogP contribution in [0.2, 0.25) is 0 Å². The van der Waals surface area contributed by atoms with Gasteiger partial charge in [-0.15, -0.1) is 0 Å². The SMILES string of the molecule is [C-]#[N+]c1ccc(Oc2ccc3c(c2)COB3O)nc1NCCOC. The van der Waals surface area contributed by atoms with E-state index >= 15 is 0 Å². The van der Waals surface area contributed by atoms with Crippen molar-refractivity contribution in [1.29, 1.82) is 0 Å². The maximum atomic E-state index is 9.64. The third kappa shape index (κ3) is 3.49. The predicted octanol–water partition coefficient (Wildman–Crippen LogP) is 1.70. The maximum Gasteiger partial charge on any atom is 0.491 e. The second kappa shape index (κ2) is 7.32. The topological polar surface area (TPSA) is 77.2 Å². The Morgan fingerprint density at radius 2 is 2.29 bits per heavy atom. The van der Waals surface area contributed by atoms with Gasteiger partial charge in [0.2, 0.25) is 11.6 Å². The fourth-order valence-electron chi connectivity index (χ4n) is 2.37. The Labute approximate surface area is 140 Å². The molecule has 1 aromatic carbocycles. The van der Waals surface area contributed by atoms with E-state index < -0.39 is 7.12 Å². The van der Waals surface area contributed by atoms with Crippen LogP contribution >= 0.6 is 0 Å². The van der Waals surface area contributed by atoms with Crippen LogP contribution in [0.3, 0.4) is 0 Å². The number of hydrogen-bond donors (Lipinski definition) is 2. The first-order valence-corrected chi connectivity index (χ1v) is 7.43. The first-order chi connectivity index (χ1) is 11.7. The smallest absolute Gasteiger partial charge is 0.439 e. The maximum absolute atomic E-state index is 9.64. The summed E-state index contributed by atoms with van der Waals surface area (Å²) in [6.45, 7) is 8.60. The lowest BCUT2D eigenvalue weighted by molar-refractivity contribution is 0.210. The van der Waals surface area contributed by atoms with E-state index in [1.165, 1.54) is 0 Å². The highest BCUT2D eigenvalue weighted by atomic mass is 16.5. The summed E-state index contributed by atoms with van der Waals surface area (Å²) in [5.74, 6) is 1.43. The fourth-order valence-corrected chi connectivity index (χ4v) is 2.37. The van der Waals surface area contributed by atoms with Gasteiger partial charge in [-0.3, -0.25) is 0 Å². The highest BCUT2D eigenvalue weighted by molar-refractivity contribution is 6.61. The van der Waals surface area contributed by atoms with Crippen LogP contribution in [-0.4, -0.2) is 37.4 Å². The van der Waals surface area contributed by atoms with E-state index in [4.69, 9.17) is 20.7 Å². The van der Waals surface area contributed by atoms with E-state index in [2.05, 4.69) is 15.1 Å². The normalized spacial score (nSPS) is 12.6. The number of aromatic nitrogens is 1. The van der Waals surface area contributed by atoms with Gasteiger partial charge >= 0.3 is 7.12 Å². The van der Waals surface area contributed by atoms with Crippen molar-refractivity contribution in [3.63, 3.8) is 0 Å². The van der Waals surface area contributed by atoms with Gasteiger partial charge in [0.05, 0.1) is 19.8 Å². The highest BCUT2D eigenvalue weighted by Crippen LogP contribution is 2.28. The molecule has 8 heteroatoms. The zero-order valence-corrected chi connectivity index (χ0v) is 13.2. The number of anilines is 1. The summed E-state index contributed by atoms with van der Waals surface area (Å²) in [6, 6.07) is 8.64. The molecule has 1 aliphatic rings. The molecule has 0 saturated carbocycles. The van der Waals surface area contributed by atoms with Crippen molar-refractivity contribution in [3.05, 3.63) is 47.3 Å². The zero-order valence-electron chi connectivity index (χ0n) is 13.2. The summed E-state index contributed by atoms with van der Waals surface area (Å²) in [5.41, 5.74) is 2.06. The molecule has 2 aromatic rings. The molecule has 1 aliphatic heterocycles. The number of ether oxygens (including phenoxy) is 2. The largest absolute Gasteiger partial charge is 0.491 e. The van der Waals surface area contributed by atoms with E-state index in [0.29, 0.717) is 42.9 Å². The molecular weight excluding hydrogens is 309 g/mol. The van der Waals surface area contributed by atoms with Crippen molar-refractivity contribution in [3.8, 4) is 11.6 Å². The van der Waals surface area contributed by atoms with Crippen LogP contribution in [0.5, 0.6) is 11.6 Å². The van der Waals surface area contributed by atoms with E-state index in [1.54, 1.807) is 31.4 Å². The molecule has 7 nitrogen and oxygen atoms in total. The van der Waals surface area contributed by atoms with Crippen molar-refractivity contribution in [1.82, 2.24) is 4.98 Å². The molecule has 0 bridgehead atoms. The third-order valence-corrected chi connectivity index (χ3v) is 3.57. The van der Waals surface area contributed by atoms with Crippen LogP contribution in [-0.2, 0) is 16.0 Å². The molecule has 122 valence electrons. The van der Waals surface area contributed by atoms with Crippen LogP contribution < -0.4 is 15.5 Å². The molecule has 0 amide bonds. The molecule has 0 fully saturated rings. The number of hydrogen-bond acceptors (Lipinski definition) is 6. The summed E-state index contributed by atoms with van der Waals surface area (Å²) >= 11 is 0. The number of pyridine rings is 1. The van der Waals surface area contributed by atoms with E-state index in [1.807, 2.05) is 6.07 Å². The molecule has 2 N–H and O–H groups in total. The summed E-state index contributed by atoms with van der Waals surface area (Å²) in [6.07, 6.45) is 0. The average Bonchev–Trinajstić information content (AvgIpc) is 2.96. The lowest BCUT2D eigenvalue weighted by atomic mass is 9.80. The van der Waals surface area contributed by atoms with Gasteiger partial charge in [-0.1, -0.05) is 6.07 Å². The standard InChI is InChI=1S/C16H16BN3O4/c1-18-14-5-6-15(20-16(14)19-7-8-22-2)24-12-3-4-13-11(9-12)10-23-17(13)21/h3-6,9,21H,7-8,10H2,2H3,(H,19,20). The number of benzene rings is 1. The Balaban J connectivity index is 1.78. The zero-order chi connectivity index (χ0) is 16.9. The number of nitrogens with one attached hydrogen (secondary N) is 1. The van der Waals surface area contributed by atoms with Gasteiger partial charge in [-0.25, -0.2) is 9.83 Å². The first-order valence-electron chi connectivity index (χ1n) is 7.43. The Kier molecular flexibility index (Phi) is 4.96. The quantitative estimate of drug-likeness (QED) is 0.478. The summed E-state index contributed by atoms with van der Waals surface area (Å²) < 4.78 is 15.9. The van der Waals surface area contributed by atoms with Crippen LogP contribution in [0, 0.1) is 6.57 Å². The molecule has 3 rings (SSSR count). The van der Waals surface area contributed by atoms with Crippen molar-refractivity contribution >= 4 is 24.1 Å². The lowest BCUT2D eigenvalue weighted by Gasteiger charge is -2.10. The summed E-state index contributed by atoms with van der Waals surface area (Å²) in [7, 11) is 0.737. The van der Waals surface area contributed by atoms with Gasteiger partial charge in [0, 0.05) is 13.7 Å². The highest BCUT2D eigenvalue weighted by Gasteiger charge is 2.27. The van der Waals surface area contributed by atoms with Crippen LogP contribution in [0.15, 0.2) is 30.3 Å². The monoisotopic (exact) mass is 325 g/mol. The number of nitrogens with zero attached hydrogens (tertiary/aromatic N) is 2. The number of rotatable bonds is 6. The minimum absolute atomic E-state index is 0.349. The summed E-state index contributed by atoms with van der Waals surface area (Å²) in [5, 5.41) is 12.7. The van der Waals surface area contributed by atoms with Gasteiger partial charge < -0.3 is 24.5 Å². The third-order valence-electron chi connectivity index (χ3n) is 3.57. The van der Waals surface area contributed by atoms with Crippen LogP contribution in [0.25, 0.3) is 4.85 Å². The number of fused-ring (bicyclic) bond motifs is 1. The molecule has 0 spiro atoms. The molecule has 0 radical (unpaired) electrons. The molecule has 0 atom stereocenters. The second-order valence-corrected chi connectivity index (χ2v) is 5.17. The lowest BCUT2D eigenvalue weighted by Crippen LogP contribution is -2.27. The van der Waals surface area contributed by atoms with Gasteiger partial charge in [-0.05, 0) is 35.3 Å². The van der Waals surface area contributed by atoms with E-state index in [9.17, 15) is 5.02 Å². The minimum atomic E-state index is -0.873. The Bertz CT molecular complexity index is 778. The minimum Gasteiger partial charge on any atom is -0.439 e. The van der Waals surface area contributed by atoms with Gasteiger partial charge in [0.15, 0.2) is 0 Å². The predicted molar refractivity (Wildman–Crippen MR) is 89.8 cm³/mol. The van der Waals surface area contributed by atoms with Crippen LogP contribution in [0.1, 0.15) is 5.56 Å². The van der Waals surface area contributed by atoms with Crippen molar-refractivity contribution < 1.29 is 19.2 Å². The Morgan fingerprint density at radius 1 is 1.42 bits per heavy atom. The molecule has 1 aromatic heterocycles. The molecule has 0 saturated heterocycles. The van der Waals surface area contributed by atoms with Gasteiger partial charge in [0.25, 0.3) is 0 Å². The molecular formula is C16H16BN3O4. The summed E-state index contributed by atoms with van der Waals surface area (Å²) in [4.78, 5) is 7.77. The van der Waals surface area contributed by atoms with E-state index in [-0.39, 0.29) is 0 Å². The molecule has 2 heterocycles. The molecule has 0 unspecified atom stereocenters. The van der Waals surface area contributed by atoms with Crippen molar-refractivity contribution in [2.24, 2.45) is 0 Å². The molecule has 0 aliphatic carbocycles. The Morgan fingerprint density at radius 3 is 3.08 bits per heavy atom. The second-order valence-electron chi connectivity index (χ2n) is 5.17. The average molecular weight is 325 g/mol. The number of methoxy groups -OCH3 is 1. The van der Waals surface area contributed by atoms with Gasteiger partial charge in [0.1, 0.15) is 11.6 Å². The van der Waals surface area contributed by atoms with Crippen LogP contribution in [0.4, 0.5) is 11.5 Å². The van der Waals surface area contributed by atoms with Crippen molar-refractivity contribution in [2.75, 3.05) is 25.6 Å². The van der Waals surface area contributed by atoms with Gasteiger partial charge in [-0.2, -0.15) is 0 Å². The van der Waals surface area contributed by atoms with Crippen molar-refractivity contribution in [2.45, 2.75) is 6.61 Å². The Hall–Kier alpha value is -2.60. The first kappa shape index (κ1) is 16.3.